The first-order chi connectivity index (χ1) is 7.35. The molecule has 1 atom stereocenters. The van der Waals surface area contributed by atoms with Gasteiger partial charge in [-0.15, -0.1) is 0 Å². The van der Waals surface area contributed by atoms with Crippen molar-refractivity contribution in [3.8, 4) is 0 Å². The summed E-state index contributed by atoms with van der Waals surface area (Å²) in [6.07, 6.45) is 1.59. The van der Waals surface area contributed by atoms with Gasteiger partial charge >= 0.3 is 0 Å². The third-order valence-corrected chi connectivity index (χ3v) is 3.30. The highest BCUT2D eigenvalue weighted by molar-refractivity contribution is 7.87. The van der Waals surface area contributed by atoms with Gasteiger partial charge in [-0.25, -0.2) is 0 Å². The van der Waals surface area contributed by atoms with E-state index < -0.39 is 21.8 Å². The van der Waals surface area contributed by atoms with Crippen molar-refractivity contribution in [3.05, 3.63) is 5.75 Å². The first-order valence-corrected chi connectivity index (χ1v) is 6.73. The Kier molecular flexibility index (Phi) is 6.42. The van der Waals surface area contributed by atoms with Crippen LogP contribution in [-0.4, -0.2) is 45.8 Å². The smallest absolute Gasteiger partial charge is 0.270 e. The minimum absolute atomic E-state index is 0.530. The van der Waals surface area contributed by atoms with Gasteiger partial charge < -0.3 is 16.0 Å². The summed E-state index contributed by atoms with van der Waals surface area (Å²) in [5.41, 5.74) is -0.598. The lowest BCUT2D eigenvalue weighted by Gasteiger charge is -2.39. The van der Waals surface area contributed by atoms with E-state index in [2.05, 4.69) is 16.0 Å². The molecular formula is C9H22N3O3S. The molecule has 1 unspecified atom stereocenters. The Morgan fingerprint density at radius 1 is 1.31 bits per heavy atom. The quantitative estimate of drug-likeness (QED) is 0.346. The fourth-order valence-corrected chi connectivity index (χ4v) is 2.55. The molecule has 6 nitrogen and oxygen atoms in total. The van der Waals surface area contributed by atoms with Gasteiger partial charge in [-0.2, -0.15) is 8.42 Å². The van der Waals surface area contributed by atoms with Gasteiger partial charge in [0.2, 0.25) is 0 Å². The molecule has 0 aromatic carbocycles. The van der Waals surface area contributed by atoms with Crippen LogP contribution in [0.3, 0.4) is 0 Å². The predicted octanol–water partition coefficient (Wildman–Crippen LogP) is -0.441. The van der Waals surface area contributed by atoms with Crippen molar-refractivity contribution in [2.45, 2.75) is 31.5 Å². The molecule has 4 N–H and O–H groups in total. The highest BCUT2D eigenvalue weighted by Gasteiger charge is 2.37. The Labute approximate surface area is 97.9 Å². The Morgan fingerprint density at radius 3 is 2.06 bits per heavy atom. The summed E-state index contributed by atoms with van der Waals surface area (Å²) in [5.74, 6) is 0.898. The average Bonchev–Trinajstić information content (AvgIpc) is 2.22. The molecule has 0 aliphatic heterocycles. The van der Waals surface area contributed by atoms with Gasteiger partial charge in [0.15, 0.2) is 0 Å². The molecule has 1 radical (unpaired) electrons. The first-order valence-electron chi connectivity index (χ1n) is 5.22. The Balaban J connectivity index is 4.97. The van der Waals surface area contributed by atoms with E-state index in [1.807, 2.05) is 6.92 Å². The summed E-state index contributed by atoms with van der Waals surface area (Å²) in [4.78, 5) is 0. The van der Waals surface area contributed by atoms with Crippen molar-refractivity contribution in [1.29, 1.82) is 0 Å². The maximum Gasteiger partial charge on any atom is 0.270 e. The fraction of sp³-hybridized carbons (Fsp3) is 0.889. The van der Waals surface area contributed by atoms with Crippen LogP contribution in [0.1, 0.15) is 19.8 Å². The highest BCUT2D eigenvalue weighted by Crippen LogP contribution is 2.17. The van der Waals surface area contributed by atoms with Crippen LogP contribution in [0.4, 0.5) is 0 Å². The van der Waals surface area contributed by atoms with E-state index in [4.69, 9.17) is 4.55 Å². The summed E-state index contributed by atoms with van der Waals surface area (Å²) < 4.78 is 30.6. The Morgan fingerprint density at radius 2 is 1.81 bits per heavy atom. The molecule has 97 valence electrons. The lowest BCUT2D eigenvalue weighted by molar-refractivity contribution is 0.218. The largest absolute Gasteiger partial charge is 0.313 e. The van der Waals surface area contributed by atoms with Crippen LogP contribution >= 0.6 is 0 Å². The van der Waals surface area contributed by atoms with Crippen LogP contribution in [-0.2, 0) is 10.1 Å². The normalized spacial score (nSPS) is 15.1. The first kappa shape index (κ1) is 15.8. The third kappa shape index (κ3) is 4.34. The van der Waals surface area contributed by atoms with E-state index in [0.29, 0.717) is 0 Å². The molecule has 0 fully saturated rings. The predicted molar refractivity (Wildman–Crippen MR) is 64.5 cm³/mol. The molecule has 0 aliphatic rings. The molecule has 0 saturated carbocycles. The van der Waals surface area contributed by atoms with Crippen molar-refractivity contribution in [3.63, 3.8) is 0 Å². The average molecular weight is 252 g/mol. The minimum Gasteiger partial charge on any atom is -0.313 e. The van der Waals surface area contributed by atoms with Gasteiger partial charge in [0.1, 0.15) is 5.75 Å². The van der Waals surface area contributed by atoms with Crippen LogP contribution in [0.5, 0.6) is 0 Å². The maximum atomic E-state index is 10.9. The highest BCUT2D eigenvalue weighted by atomic mass is 32.2. The molecule has 0 bridgehead atoms. The summed E-state index contributed by atoms with van der Waals surface area (Å²) in [6.45, 7) is 2.00. The lowest BCUT2D eigenvalue weighted by atomic mass is 9.96. The van der Waals surface area contributed by atoms with E-state index in [1.54, 1.807) is 21.1 Å². The molecule has 0 aromatic rings. The number of hydrogen-bond acceptors (Lipinski definition) is 5. The summed E-state index contributed by atoms with van der Waals surface area (Å²) in [5, 5.41) is 8.99. The third-order valence-electron chi connectivity index (χ3n) is 2.69. The topological polar surface area (TPSA) is 90.5 Å². The second-order valence-electron chi connectivity index (χ2n) is 3.64. The summed E-state index contributed by atoms with van der Waals surface area (Å²) >= 11 is 0. The van der Waals surface area contributed by atoms with Gasteiger partial charge in [-0.3, -0.25) is 4.55 Å². The second-order valence-corrected chi connectivity index (χ2v) is 4.94. The van der Waals surface area contributed by atoms with E-state index >= 15 is 0 Å². The van der Waals surface area contributed by atoms with Crippen molar-refractivity contribution >= 4 is 10.1 Å². The zero-order chi connectivity index (χ0) is 12.8. The number of likely N-dealkylation sites (N-methyl/N-ethyl adjacent to an activating group) is 3. The van der Waals surface area contributed by atoms with E-state index in [-0.39, 0.29) is 0 Å². The van der Waals surface area contributed by atoms with Crippen LogP contribution < -0.4 is 16.0 Å². The molecule has 0 aromatic heterocycles. The molecule has 0 aliphatic carbocycles. The molecule has 0 rings (SSSR count). The van der Waals surface area contributed by atoms with Gasteiger partial charge in [0.25, 0.3) is 10.1 Å². The minimum atomic E-state index is -4.12. The van der Waals surface area contributed by atoms with Gasteiger partial charge in [0, 0.05) is 0 Å². The molecule has 0 amide bonds. The van der Waals surface area contributed by atoms with Crippen molar-refractivity contribution in [1.82, 2.24) is 16.0 Å². The summed E-state index contributed by atoms with van der Waals surface area (Å²) in [6, 6.07) is -0.530. The summed E-state index contributed by atoms with van der Waals surface area (Å²) in [7, 11) is 1.01. The standard InChI is InChI=1S/C9H22N3O3S/c1-5-6-9(11-3,12-4)8(10-2)7-16(13,14)15/h7-8,10-12H,5-6H2,1-4H3,(H,13,14,15). The monoisotopic (exact) mass is 252 g/mol. The van der Waals surface area contributed by atoms with Crippen LogP contribution in [0.15, 0.2) is 0 Å². The zero-order valence-electron chi connectivity index (χ0n) is 10.2. The zero-order valence-corrected chi connectivity index (χ0v) is 11.1. The maximum absolute atomic E-state index is 10.9. The second kappa shape index (κ2) is 6.51. The molecule has 7 heteroatoms. The fourth-order valence-electron chi connectivity index (χ4n) is 1.84. The molecule has 0 heterocycles. The van der Waals surface area contributed by atoms with Gasteiger partial charge in [0.05, 0.1) is 11.7 Å². The van der Waals surface area contributed by atoms with Crippen molar-refractivity contribution < 1.29 is 13.0 Å². The molecule has 0 spiro atoms. The van der Waals surface area contributed by atoms with Crippen LogP contribution in [0.2, 0.25) is 0 Å². The number of nitrogens with one attached hydrogen (secondary N) is 3. The number of hydrogen-bond donors (Lipinski definition) is 4. The van der Waals surface area contributed by atoms with Crippen molar-refractivity contribution in [2.75, 3.05) is 21.1 Å². The molecular weight excluding hydrogens is 230 g/mol. The van der Waals surface area contributed by atoms with Gasteiger partial charge in [-0.05, 0) is 27.6 Å². The SMILES string of the molecule is CCCC(NC)(NC)C([CH]S(=O)(=O)O)NC. The Hall–Kier alpha value is -0.210. The van der Waals surface area contributed by atoms with E-state index in [1.165, 1.54) is 0 Å². The van der Waals surface area contributed by atoms with Gasteiger partial charge in [-0.1, -0.05) is 13.3 Å². The van der Waals surface area contributed by atoms with Crippen LogP contribution in [0, 0.1) is 5.75 Å². The van der Waals surface area contributed by atoms with Crippen LogP contribution in [0.25, 0.3) is 0 Å². The molecule has 16 heavy (non-hydrogen) atoms. The van der Waals surface area contributed by atoms with Crippen molar-refractivity contribution in [2.24, 2.45) is 0 Å². The lowest BCUT2D eigenvalue weighted by Crippen LogP contribution is -2.66. The Bertz CT molecular complexity index is 288. The van der Waals surface area contributed by atoms with E-state index in [0.717, 1.165) is 18.6 Å². The molecule has 0 saturated heterocycles. The number of rotatable bonds is 8. The van der Waals surface area contributed by atoms with E-state index in [9.17, 15) is 8.42 Å².